The van der Waals surface area contributed by atoms with Gasteiger partial charge >= 0.3 is 0 Å². The van der Waals surface area contributed by atoms with Crippen LogP contribution in [0.2, 0.25) is 5.02 Å². The van der Waals surface area contributed by atoms with Crippen LogP contribution in [0.1, 0.15) is 11.1 Å². The van der Waals surface area contributed by atoms with Crippen molar-refractivity contribution in [3.05, 3.63) is 90.0 Å². The van der Waals surface area contributed by atoms with Crippen molar-refractivity contribution in [3.63, 3.8) is 0 Å². The Morgan fingerprint density at radius 3 is 2.31 bits per heavy atom. The van der Waals surface area contributed by atoms with Crippen molar-refractivity contribution in [2.24, 2.45) is 5.10 Å². The van der Waals surface area contributed by atoms with Gasteiger partial charge in [0.15, 0.2) is 0 Å². The predicted molar refractivity (Wildman–Crippen MR) is 125 cm³/mol. The molecule has 6 heteroatoms. The molecule has 0 amide bonds. The fourth-order valence-corrected chi connectivity index (χ4v) is 4.57. The molecule has 3 nitrogen and oxygen atoms in total. The van der Waals surface area contributed by atoms with E-state index in [9.17, 15) is 0 Å². The lowest BCUT2D eigenvalue weighted by Gasteiger charge is -2.12. The highest BCUT2D eigenvalue weighted by Gasteiger charge is 2.09. The van der Waals surface area contributed by atoms with Gasteiger partial charge in [-0.3, -0.25) is 5.43 Å². The van der Waals surface area contributed by atoms with Crippen molar-refractivity contribution in [1.82, 2.24) is 0 Å². The van der Waals surface area contributed by atoms with Gasteiger partial charge in [0.2, 0.25) is 0 Å². The lowest BCUT2D eigenvalue weighted by atomic mass is 10.2. The van der Waals surface area contributed by atoms with Gasteiger partial charge in [-0.15, -0.1) is 0 Å². The number of hydrogen-bond acceptors (Lipinski definition) is 3. The highest BCUT2D eigenvalue weighted by atomic mass is 127. The second kappa shape index (κ2) is 9.57. The number of halogens is 3. The number of para-hydroxylation sites is 1. The Morgan fingerprint density at radius 1 is 0.962 bits per heavy atom. The smallest absolute Gasteiger partial charge is 0.146 e. The van der Waals surface area contributed by atoms with Crippen LogP contribution in [0.4, 0.5) is 5.69 Å². The van der Waals surface area contributed by atoms with E-state index in [0.717, 1.165) is 29.7 Å². The maximum absolute atomic E-state index is 6.19. The zero-order valence-electron chi connectivity index (χ0n) is 13.6. The van der Waals surface area contributed by atoms with Crippen molar-refractivity contribution in [1.29, 1.82) is 0 Å². The summed E-state index contributed by atoms with van der Waals surface area (Å²) >= 11 is 10.8. The van der Waals surface area contributed by atoms with E-state index in [1.54, 1.807) is 6.21 Å². The van der Waals surface area contributed by atoms with Gasteiger partial charge in [0.05, 0.1) is 19.0 Å². The topological polar surface area (TPSA) is 33.6 Å². The fourth-order valence-electron chi connectivity index (χ4n) is 2.25. The minimum atomic E-state index is 0.439. The average Bonchev–Trinajstić information content (AvgIpc) is 2.63. The highest BCUT2D eigenvalue weighted by Crippen LogP contribution is 2.30. The standard InChI is InChI=1S/C20H15ClI2N2O/c21-17-9-5-4-6-15(17)13-26-20-18(22)10-14(11-19(20)23)12-24-25-16-7-2-1-3-8-16/h1-12,25H,13H2. The molecule has 132 valence electrons. The van der Waals surface area contributed by atoms with Crippen LogP contribution in [-0.2, 0) is 6.61 Å². The summed E-state index contributed by atoms with van der Waals surface area (Å²) in [4.78, 5) is 0. The van der Waals surface area contributed by atoms with Crippen LogP contribution in [-0.4, -0.2) is 6.21 Å². The molecule has 0 radical (unpaired) electrons. The Bertz CT molecular complexity index is 894. The fraction of sp³-hybridized carbons (Fsp3) is 0.0500. The molecule has 26 heavy (non-hydrogen) atoms. The summed E-state index contributed by atoms with van der Waals surface area (Å²) in [5.74, 6) is 0.860. The van der Waals surface area contributed by atoms with Crippen LogP contribution in [0.25, 0.3) is 0 Å². The van der Waals surface area contributed by atoms with Crippen LogP contribution in [0.3, 0.4) is 0 Å². The maximum atomic E-state index is 6.19. The van der Waals surface area contributed by atoms with Crippen LogP contribution in [0.5, 0.6) is 5.75 Å². The molecule has 3 aromatic rings. The molecule has 0 aliphatic rings. The Labute approximate surface area is 185 Å². The van der Waals surface area contributed by atoms with E-state index < -0.39 is 0 Å². The van der Waals surface area contributed by atoms with E-state index in [1.165, 1.54) is 0 Å². The first-order chi connectivity index (χ1) is 12.6. The second-order valence-electron chi connectivity index (χ2n) is 5.43. The summed E-state index contributed by atoms with van der Waals surface area (Å²) in [7, 11) is 0. The third kappa shape index (κ3) is 5.34. The van der Waals surface area contributed by atoms with E-state index in [4.69, 9.17) is 16.3 Å². The highest BCUT2D eigenvalue weighted by molar-refractivity contribution is 14.1. The number of hydrogen-bond donors (Lipinski definition) is 1. The molecule has 0 bridgehead atoms. The van der Waals surface area contributed by atoms with Crippen LogP contribution in [0.15, 0.2) is 71.8 Å². The molecule has 0 aliphatic heterocycles. The normalized spacial score (nSPS) is 10.9. The molecule has 0 spiro atoms. The maximum Gasteiger partial charge on any atom is 0.146 e. The first-order valence-corrected chi connectivity index (χ1v) is 10.4. The minimum Gasteiger partial charge on any atom is -0.487 e. The number of hydrazone groups is 1. The Hall–Kier alpha value is -1.32. The molecule has 3 rings (SSSR count). The summed E-state index contributed by atoms with van der Waals surface area (Å²) in [6.07, 6.45) is 1.80. The summed E-state index contributed by atoms with van der Waals surface area (Å²) in [5, 5.41) is 5.00. The van der Waals surface area contributed by atoms with Gasteiger partial charge in [-0.05, 0) is 81.1 Å². The molecule has 0 saturated carbocycles. The van der Waals surface area contributed by atoms with E-state index in [-0.39, 0.29) is 0 Å². The van der Waals surface area contributed by atoms with Crippen molar-refractivity contribution >= 4 is 68.7 Å². The SMILES string of the molecule is Clc1ccccc1COc1c(I)cc(C=NNc2ccccc2)cc1I. The van der Waals surface area contributed by atoms with Gasteiger partial charge in [0.1, 0.15) is 12.4 Å². The van der Waals surface area contributed by atoms with Crippen molar-refractivity contribution in [2.45, 2.75) is 6.61 Å². The number of nitrogens with zero attached hydrogens (tertiary/aromatic N) is 1. The number of anilines is 1. The lowest BCUT2D eigenvalue weighted by molar-refractivity contribution is 0.302. The van der Waals surface area contributed by atoms with E-state index in [1.807, 2.05) is 66.7 Å². The van der Waals surface area contributed by atoms with E-state index in [0.29, 0.717) is 11.6 Å². The molecule has 0 heterocycles. The zero-order valence-corrected chi connectivity index (χ0v) is 18.7. The first-order valence-electron chi connectivity index (χ1n) is 7.83. The largest absolute Gasteiger partial charge is 0.487 e. The van der Waals surface area contributed by atoms with E-state index in [2.05, 4.69) is 55.7 Å². The number of benzene rings is 3. The molecular formula is C20H15ClI2N2O. The van der Waals surface area contributed by atoms with Gasteiger partial charge < -0.3 is 4.74 Å². The average molecular weight is 589 g/mol. The third-order valence-electron chi connectivity index (χ3n) is 3.53. The molecule has 0 atom stereocenters. The molecule has 0 saturated heterocycles. The summed E-state index contributed by atoms with van der Waals surface area (Å²) in [5.41, 5.74) is 5.95. The minimum absolute atomic E-state index is 0.439. The van der Waals surface area contributed by atoms with Crippen LogP contribution < -0.4 is 10.2 Å². The molecule has 3 aromatic carbocycles. The van der Waals surface area contributed by atoms with Crippen LogP contribution >= 0.6 is 56.8 Å². The van der Waals surface area contributed by atoms with Gasteiger partial charge in [-0.2, -0.15) is 5.10 Å². The summed E-state index contributed by atoms with van der Waals surface area (Å²) in [6.45, 7) is 0.439. The van der Waals surface area contributed by atoms with Gasteiger partial charge in [0.25, 0.3) is 0 Å². The Balaban J connectivity index is 1.69. The molecular weight excluding hydrogens is 573 g/mol. The Morgan fingerprint density at radius 2 is 1.62 bits per heavy atom. The van der Waals surface area contributed by atoms with Crippen molar-refractivity contribution in [2.75, 3.05) is 5.43 Å². The lowest BCUT2D eigenvalue weighted by Crippen LogP contribution is -2.01. The molecule has 0 aliphatic carbocycles. The number of ether oxygens (including phenoxy) is 1. The van der Waals surface area contributed by atoms with Gasteiger partial charge in [0, 0.05) is 10.6 Å². The number of nitrogens with one attached hydrogen (secondary N) is 1. The monoisotopic (exact) mass is 588 g/mol. The van der Waals surface area contributed by atoms with Gasteiger partial charge in [-0.1, -0.05) is 48.0 Å². The predicted octanol–water partition coefficient (Wildman–Crippen LogP) is 6.57. The second-order valence-corrected chi connectivity index (χ2v) is 8.16. The summed E-state index contributed by atoms with van der Waals surface area (Å²) < 4.78 is 8.06. The van der Waals surface area contributed by atoms with Crippen LogP contribution in [0, 0.1) is 7.14 Å². The van der Waals surface area contributed by atoms with Crippen molar-refractivity contribution < 1.29 is 4.74 Å². The zero-order chi connectivity index (χ0) is 18.4. The first kappa shape index (κ1) is 19.4. The summed E-state index contributed by atoms with van der Waals surface area (Å²) in [6, 6.07) is 21.6. The Kier molecular flexibility index (Phi) is 7.15. The van der Waals surface area contributed by atoms with Crippen molar-refractivity contribution in [3.8, 4) is 5.75 Å². The molecule has 0 fully saturated rings. The van der Waals surface area contributed by atoms with Gasteiger partial charge in [-0.25, -0.2) is 0 Å². The molecule has 0 aromatic heterocycles. The number of rotatable bonds is 6. The van der Waals surface area contributed by atoms with E-state index >= 15 is 0 Å². The molecule has 0 unspecified atom stereocenters. The quantitative estimate of drug-likeness (QED) is 0.201. The third-order valence-corrected chi connectivity index (χ3v) is 5.50. The molecule has 1 N–H and O–H groups in total.